The predicted molar refractivity (Wildman–Crippen MR) is 138 cm³/mol. The second-order valence-electron chi connectivity index (χ2n) is 9.97. The minimum atomic E-state index is -1.55. The third kappa shape index (κ3) is 4.89. The minimum absolute atomic E-state index is 0.0278. The number of aromatic nitrogens is 2. The van der Waals surface area contributed by atoms with E-state index in [1.807, 2.05) is 42.2 Å². The Labute approximate surface area is 216 Å². The number of benzene rings is 2. The fourth-order valence-electron chi connectivity index (χ4n) is 5.05. The number of nitrogens with one attached hydrogen (secondary N) is 1. The Morgan fingerprint density at radius 2 is 1.86 bits per heavy atom. The van der Waals surface area contributed by atoms with Crippen LogP contribution in [0.25, 0.3) is 10.9 Å². The Morgan fingerprint density at radius 3 is 2.53 bits per heavy atom. The molecule has 5 rings (SSSR count). The Kier molecular flexibility index (Phi) is 6.59. The van der Waals surface area contributed by atoms with Crippen molar-refractivity contribution >= 4 is 26.8 Å². The Bertz CT molecular complexity index is 1370. The van der Waals surface area contributed by atoms with Gasteiger partial charge in [-0.1, -0.05) is 18.2 Å². The molecule has 0 aliphatic carbocycles. The molecular formula is C28H27BrF3N3O. The predicted octanol–water partition coefficient (Wildman–Crippen LogP) is 7.27. The second kappa shape index (κ2) is 9.56. The van der Waals surface area contributed by atoms with Gasteiger partial charge < -0.3 is 9.72 Å². The summed E-state index contributed by atoms with van der Waals surface area (Å²) >= 11 is 3.32. The summed E-state index contributed by atoms with van der Waals surface area (Å²) in [5.41, 5.74) is 1.56. The summed E-state index contributed by atoms with van der Waals surface area (Å²) in [6, 6.07) is 12.8. The molecule has 188 valence electrons. The van der Waals surface area contributed by atoms with Crippen LogP contribution < -0.4 is 4.74 Å². The average Bonchev–Trinajstić information content (AvgIpc) is 3.17. The smallest absolute Gasteiger partial charge is 0.135 e. The molecular weight excluding hydrogens is 531 g/mol. The van der Waals surface area contributed by atoms with E-state index in [0.29, 0.717) is 17.8 Å². The number of rotatable bonds is 6. The number of ether oxygens (including phenoxy) is 1. The summed E-state index contributed by atoms with van der Waals surface area (Å²) < 4.78 is 52.7. The summed E-state index contributed by atoms with van der Waals surface area (Å²) in [7, 11) is 0. The monoisotopic (exact) mass is 557 g/mol. The zero-order valence-corrected chi connectivity index (χ0v) is 21.9. The Morgan fingerprint density at radius 1 is 1.14 bits per heavy atom. The van der Waals surface area contributed by atoms with Crippen LogP contribution in [0, 0.1) is 11.6 Å². The molecule has 1 aliphatic rings. The van der Waals surface area contributed by atoms with Gasteiger partial charge in [-0.15, -0.1) is 0 Å². The van der Waals surface area contributed by atoms with Gasteiger partial charge in [0.15, 0.2) is 0 Å². The van der Waals surface area contributed by atoms with Crippen molar-refractivity contribution in [2.24, 2.45) is 0 Å². The van der Waals surface area contributed by atoms with Crippen LogP contribution in [0.5, 0.6) is 5.75 Å². The highest BCUT2D eigenvalue weighted by Crippen LogP contribution is 2.43. The van der Waals surface area contributed by atoms with Crippen molar-refractivity contribution in [1.29, 1.82) is 0 Å². The number of hydrogen-bond acceptors (Lipinski definition) is 3. The molecule has 2 atom stereocenters. The number of hydrogen-bond donors (Lipinski definition) is 1. The number of pyridine rings is 1. The summed E-state index contributed by atoms with van der Waals surface area (Å²) in [5, 5.41) is 1.02. The minimum Gasteiger partial charge on any atom is -0.487 e. The molecule has 0 saturated carbocycles. The molecule has 0 bridgehead atoms. The SMILES string of the molecule is C[C@@H]1Cc2c([nH]c3ccccc23)C(c2c(F)cc(OCc3ccc(Br)cn3)cc2F)N1CC(C)(C)F. The van der Waals surface area contributed by atoms with Crippen molar-refractivity contribution in [3.05, 3.63) is 93.3 Å². The van der Waals surface area contributed by atoms with E-state index < -0.39 is 23.3 Å². The van der Waals surface area contributed by atoms with Crippen molar-refractivity contribution in [1.82, 2.24) is 14.9 Å². The molecule has 1 unspecified atom stereocenters. The third-order valence-corrected chi connectivity index (χ3v) is 7.05. The number of para-hydroxylation sites is 1. The maximum Gasteiger partial charge on any atom is 0.135 e. The topological polar surface area (TPSA) is 41.1 Å². The summed E-state index contributed by atoms with van der Waals surface area (Å²) in [5.74, 6) is -1.41. The van der Waals surface area contributed by atoms with Crippen LogP contribution in [-0.4, -0.2) is 33.1 Å². The van der Waals surface area contributed by atoms with E-state index in [0.717, 1.165) is 20.9 Å². The van der Waals surface area contributed by atoms with E-state index in [1.54, 1.807) is 12.3 Å². The number of halogens is 4. The van der Waals surface area contributed by atoms with Gasteiger partial charge >= 0.3 is 0 Å². The largest absolute Gasteiger partial charge is 0.487 e. The van der Waals surface area contributed by atoms with Gasteiger partial charge in [0, 0.05) is 57.5 Å². The summed E-state index contributed by atoms with van der Waals surface area (Å²) in [4.78, 5) is 9.45. The van der Waals surface area contributed by atoms with Crippen molar-refractivity contribution in [2.75, 3.05) is 6.54 Å². The molecule has 8 heteroatoms. The number of H-pyrrole nitrogens is 1. The molecule has 4 aromatic rings. The zero-order valence-electron chi connectivity index (χ0n) is 20.3. The van der Waals surface area contributed by atoms with E-state index in [1.165, 1.54) is 26.0 Å². The van der Waals surface area contributed by atoms with Crippen molar-refractivity contribution < 1.29 is 17.9 Å². The maximum atomic E-state index is 15.7. The third-order valence-electron chi connectivity index (χ3n) is 6.58. The molecule has 0 fully saturated rings. The first-order valence-corrected chi connectivity index (χ1v) is 12.7. The van der Waals surface area contributed by atoms with E-state index in [-0.39, 0.29) is 30.5 Å². The summed E-state index contributed by atoms with van der Waals surface area (Å²) in [6.07, 6.45) is 2.28. The first-order chi connectivity index (χ1) is 17.1. The average molecular weight is 558 g/mol. The van der Waals surface area contributed by atoms with Crippen LogP contribution in [0.4, 0.5) is 13.2 Å². The van der Waals surface area contributed by atoms with E-state index >= 15 is 8.78 Å². The highest BCUT2D eigenvalue weighted by atomic mass is 79.9. The highest BCUT2D eigenvalue weighted by molar-refractivity contribution is 9.10. The van der Waals surface area contributed by atoms with Gasteiger partial charge in [0.1, 0.15) is 29.7 Å². The van der Waals surface area contributed by atoms with Gasteiger partial charge in [-0.05, 0) is 66.9 Å². The Balaban J connectivity index is 1.56. The van der Waals surface area contributed by atoms with Crippen molar-refractivity contribution in [3.8, 4) is 5.75 Å². The van der Waals surface area contributed by atoms with Gasteiger partial charge in [0.25, 0.3) is 0 Å². The van der Waals surface area contributed by atoms with Crippen LogP contribution in [-0.2, 0) is 13.0 Å². The number of aromatic amines is 1. The molecule has 0 spiro atoms. The van der Waals surface area contributed by atoms with Crippen molar-refractivity contribution in [3.63, 3.8) is 0 Å². The molecule has 1 N–H and O–H groups in total. The van der Waals surface area contributed by atoms with E-state index in [4.69, 9.17) is 4.74 Å². The van der Waals surface area contributed by atoms with E-state index in [2.05, 4.69) is 25.9 Å². The number of alkyl halides is 1. The van der Waals surface area contributed by atoms with Gasteiger partial charge in [-0.3, -0.25) is 9.88 Å². The first-order valence-electron chi connectivity index (χ1n) is 11.9. The fourth-order valence-corrected chi connectivity index (χ4v) is 5.29. The van der Waals surface area contributed by atoms with Crippen LogP contribution in [0.2, 0.25) is 0 Å². The van der Waals surface area contributed by atoms with Gasteiger partial charge in [0.05, 0.1) is 11.7 Å². The quantitative estimate of drug-likeness (QED) is 0.271. The van der Waals surface area contributed by atoms with Crippen LogP contribution >= 0.6 is 15.9 Å². The lowest BCUT2D eigenvalue weighted by Crippen LogP contribution is -2.48. The molecule has 36 heavy (non-hydrogen) atoms. The molecule has 0 radical (unpaired) electrons. The van der Waals surface area contributed by atoms with Gasteiger partial charge in [-0.2, -0.15) is 0 Å². The molecule has 2 aromatic heterocycles. The second-order valence-corrected chi connectivity index (χ2v) is 10.9. The lowest BCUT2D eigenvalue weighted by molar-refractivity contribution is 0.0642. The number of nitrogens with zero attached hydrogens (tertiary/aromatic N) is 2. The molecule has 4 nitrogen and oxygen atoms in total. The van der Waals surface area contributed by atoms with Crippen molar-refractivity contribution in [2.45, 2.75) is 51.6 Å². The standard InChI is InChI=1S/C28H27BrF3N3O/c1-16-10-21-20-6-4-5-7-24(20)34-26(21)27(35(16)15-28(2,3)32)25-22(30)11-19(12-23(25)31)36-14-18-9-8-17(29)13-33-18/h4-9,11-13,16,27,34H,10,14-15H2,1-3H3/t16-,27?/m1/s1. The molecule has 1 aliphatic heterocycles. The van der Waals surface area contributed by atoms with Crippen LogP contribution in [0.3, 0.4) is 0 Å². The highest BCUT2D eigenvalue weighted by Gasteiger charge is 2.41. The lowest BCUT2D eigenvalue weighted by atomic mass is 9.87. The molecule has 0 saturated heterocycles. The van der Waals surface area contributed by atoms with Gasteiger partial charge in [-0.25, -0.2) is 13.2 Å². The van der Waals surface area contributed by atoms with Crippen LogP contribution in [0.1, 0.15) is 49.3 Å². The normalized spacial score (nSPS) is 18.4. The van der Waals surface area contributed by atoms with Crippen LogP contribution in [0.15, 0.2) is 59.2 Å². The van der Waals surface area contributed by atoms with E-state index in [9.17, 15) is 4.39 Å². The summed E-state index contributed by atoms with van der Waals surface area (Å²) in [6.45, 7) is 5.04. The lowest BCUT2D eigenvalue weighted by Gasteiger charge is -2.43. The Hall–Kier alpha value is -2.84. The first kappa shape index (κ1) is 24.8. The number of fused-ring (bicyclic) bond motifs is 3. The van der Waals surface area contributed by atoms with Gasteiger partial charge in [0.2, 0.25) is 0 Å². The molecule has 2 aromatic carbocycles. The fraction of sp³-hybridized carbons (Fsp3) is 0.321. The molecule has 3 heterocycles. The zero-order chi connectivity index (χ0) is 25.6. The maximum absolute atomic E-state index is 15.7. The molecule has 0 amide bonds.